The molecule has 8 heteroatoms. The standard InChI is InChI=1S/C24H26N6O2/c25-27-21-19(11-12-20(22(21)28-26)24(32)30-15-5-2-6-16-30)17-7-9-18(10-8-17)23(31)29-13-3-1-4-14-29/h7-12H,1-6,13-16H2/q+2. The third kappa shape index (κ3) is 4.17. The van der Waals surface area contributed by atoms with Gasteiger partial charge in [0.15, 0.2) is 9.95 Å². The molecule has 2 amide bonds. The van der Waals surface area contributed by atoms with Crippen LogP contribution in [-0.2, 0) is 0 Å². The van der Waals surface area contributed by atoms with E-state index in [0.29, 0.717) is 29.8 Å². The number of nitrogens with zero attached hydrogens (tertiary/aromatic N) is 6. The molecule has 2 aliphatic heterocycles. The lowest BCUT2D eigenvalue weighted by Crippen LogP contribution is -2.35. The molecule has 0 aliphatic carbocycles. The zero-order valence-corrected chi connectivity index (χ0v) is 18.0. The number of hydrogen-bond acceptors (Lipinski definition) is 4. The normalized spacial score (nSPS) is 16.2. The molecule has 2 aromatic carbocycles. The van der Waals surface area contributed by atoms with Crippen molar-refractivity contribution >= 4 is 23.2 Å². The Morgan fingerprint density at radius 2 is 1.19 bits per heavy atom. The van der Waals surface area contributed by atoms with E-state index in [9.17, 15) is 20.4 Å². The Balaban J connectivity index is 1.63. The smallest absolute Gasteiger partial charge is 0.339 e. The summed E-state index contributed by atoms with van der Waals surface area (Å²) in [5.74, 6) is -0.228. The van der Waals surface area contributed by atoms with Gasteiger partial charge in [0.2, 0.25) is 10.8 Å². The van der Waals surface area contributed by atoms with Crippen molar-refractivity contribution in [3.8, 4) is 11.1 Å². The first-order valence-electron chi connectivity index (χ1n) is 11.2. The Labute approximate surface area is 187 Å². The van der Waals surface area contributed by atoms with Crippen LogP contribution in [0.5, 0.6) is 0 Å². The lowest BCUT2D eigenvalue weighted by molar-refractivity contribution is 0.0717. The van der Waals surface area contributed by atoms with Crippen LogP contribution in [0.25, 0.3) is 21.1 Å². The first-order valence-corrected chi connectivity index (χ1v) is 11.2. The van der Waals surface area contributed by atoms with E-state index in [4.69, 9.17) is 0 Å². The molecule has 2 fully saturated rings. The number of piperidine rings is 2. The molecule has 2 aliphatic rings. The van der Waals surface area contributed by atoms with E-state index >= 15 is 0 Å². The van der Waals surface area contributed by atoms with Crippen molar-refractivity contribution in [2.45, 2.75) is 38.5 Å². The Bertz CT molecular complexity index is 1100. The molecule has 0 atom stereocenters. The summed E-state index contributed by atoms with van der Waals surface area (Å²) in [6.07, 6.45) is 6.19. The van der Waals surface area contributed by atoms with Crippen LogP contribution in [0, 0.1) is 10.8 Å². The minimum atomic E-state index is -0.239. The predicted octanol–water partition coefficient (Wildman–Crippen LogP) is 5.57. The number of diazo groups is 2. The number of likely N-dealkylation sites (tertiary alicyclic amines) is 2. The Hall–Kier alpha value is -3.78. The lowest BCUT2D eigenvalue weighted by Gasteiger charge is -2.26. The van der Waals surface area contributed by atoms with Gasteiger partial charge in [-0.05, 0) is 68.4 Å². The Kier molecular flexibility index (Phi) is 6.42. The molecule has 4 rings (SSSR count). The van der Waals surface area contributed by atoms with Gasteiger partial charge in [-0.15, -0.1) is 0 Å². The van der Waals surface area contributed by atoms with E-state index in [0.717, 1.165) is 51.6 Å². The molecule has 0 radical (unpaired) electrons. The summed E-state index contributed by atoms with van der Waals surface area (Å²) in [4.78, 5) is 35.9. The summed E-state index contributed by atoms with van der Waals surface area (Å²) in [5, 5.41) is 19.3. The quantitative estimate of drug-likeness (QED) is 0.594. The van der Waals surface area contributed by atoms with Gasteiger partial charge in [0.05, 0.1) is 5.56 Å². The summed E-state index contributed by atoms with van der Waals surface area (Å²) in [6, 6.07) is 10.3. The molecule has 162 valence electrons. The Morgan fingerprint density at radius 1 is 0.656 bits per heavy atom. The summed E-state index contributed by atoms with van der Waals surface area (Å²) in [6.45, 7) is 2.87. The number of carbonyl (C=O) groups excluding carboxylic acids is 2. The minimum absolute atomic E-state index is 0.0110. The molecule has 8 nitrogen and oxygen atoms in total. The maximum atomic E-state index is 13.0. The Morgan fingerprint density at radius 3 is 1.72 bits per heavy atom. The van der Waals surface area contributed by atoms with Crippen LogP contribution in [0.15, 0.2) is 36.4 Å². The highest BCUT2D eigenvalue weighted by atomic mass is 16.2. The van der Waals surface area contributed by atoms with Gasteiger partial charge < -0.3 is 9.80 Å². The van der Waals surface area contributed by atoms with Crippen molar-refractivity contribution in [3.05, 3.63) is 57.5 Å². The van der Waals surface area contributed by atoms with Gasteiger partial charge >= 0.3 is 11.4 Å². The molecule has 0 aromatic heterocycles. The second-order valence-electron chi connectivity index (χ2n) is 8.34. The molecular weight excluding hydrogens is 404 g/mol. The molecule has 2 heterocycles. The predicted molar refractivity (Wildman–Crippen MR) is 121 cm³/mol. The highest BCUT2D eigenvalue weighted by molar-refractivity contribution is 6.06. The largest absolute Gasteiger partial charge is 0.491 e. The van der Waals surface area contributed by atoms with Crippen LogP contribution >= 0.6 is 0 Å². The van der Waals surface area contributed by atoms with Gasteiger partial charge in [-0.3, -0.25) is 9.59 Å². The molecular formula is C24H26N6O2+2. The van der Waals surface area contributed by atoms with Crippen molar-refractivity contribution in [3.63, 3.8) is 0 Å². The third-order valence-electron chi connectivity index (χ3n) is 6.31. The highest BCUT2D eigenvalue weighted by Crippen LogP contribution is 2.42. The van der Waals surface area contributed by atoms with Gasteiger partial charge in [0.1, 0.15) is 5.56 Å². The fraction of sp³-hybridized carbons (Fsp3) is 0.417. The first kappa shape index (κ1) is 21.5. The molecule has 0 bridgehead atoms. The number of rotatable bonds is 3. The second-order valence-corrected chi connectivity index (χ2v) is 8.34. The second kappa shape index (κ2) is 9.57. The van der Waals surface area contributed by atoms with Crippen LogP contribution in [0.3, 0.4) is 0 Å². The van der Waals surface area contributed by atoms with Crippen molar-refractivity contribution < 1.29 is 9.59 Å². The highest BCUT2D eigenvalue weighted by Gasteiger charge is 2.39. The average molecular weight is 431 g/mol. The molecule has 0 saturated carbocycles. The number of benzene rings is 2. The summed E-state index contributed by atoms with van der Waals surface area (Å²) >= 11 is 0. The van der Waals surface area contributed by atoms with Crippen molar-refractivity contribution in [1.29, 1.82) is 10.8 Å². The van der Waals surface area contributed by atoms with Gasteiger partial charge in [-0.1, -0.05) is 12.1 Å². The minimum Gasteiger partial charge on any atom is -0.339 e. The van der Waals surface area contributed by atoms with E-state index in [1.54, 1.807) is 41.3 Å². The summed E-state index contributed by atoms with van der Waals surface area (Å²) in [7, 11) is 0. The average Bonchev–Trinajstić information content (AvgIpc) is 2.88. The van der Waals surface area contributed by atoms with Crippen molar-refractivity contribution in [1.82, 2.24) is 9.80 Å². The molecule has 2 aromatic rings. The maximum Gasteiger partial charge on any atom is 0.491 e. The van der Waals surface area contributed by atoms with E-state index in [-0.39, 0.29) is 28.8 Å². The SMILES string of the molecule is N#[N+]c1c(C(=O)N2CCCCC2)ccc(-c2ccc(C(=O)N3CCCCC3)cc2)c1[N+]#N. The molecule has 32 heavy (non-hydrogen) atoms. The van der Waals surface area contributed by atoms with Gasteiger partial charge in [-0.25, -0.2) is 0 Å². The number of amides is 2. The molecule has 0 unspecified atom stereocenters. The van der Waals surface area contributed by atoms with Crippen LogP contribution in [0.4, 0.5) is 11.4 Å². The van der Waals surface area contributed by atoms with Crippen LogP contribution in [-0.4, -0.2) is 47.8 Å². The summed E-state index contributed by atoms with van der Waals surface area (Å²) in [5.41, 5.74) is 1.95. The van der Waals surface area contributed by atoms with Gasteiger partial charge in [0, 0.05) is 31.7 Å². The number of hydrogen-bond donors (Lipinski definition) is 0. The van der Waals surface area contributed by atoms with Crippen LogP contribution in [0.2, 0.25) is 0 Å². The van der Waals surface area contributed by atoms with Gasteiger partial charge in [0.25, 0.3) is 11.8 Å². The zero-order chi connectivity index (χ0) is 22.5. The monoisotopic (exact) mass is 430 g/mol. The van der Waals surface area contributed by atoms with E-state index < -0.39 is 0 Å². The molecule has 2 saturated heterocycles. The van der Waals surface area contributed by atoms with E-state index in [1.807, 2.05) is 4.90 Å². The fourth-order valence-corrected chi connectivity index (χ4v) is 4.53. The zero-order valence-electron chi connectivity index (χ0n) is 18.0. The molecule has 0 N–H and O–H groups in total. The number of carbonyl (C=O) groups is 2. The van der Waals surface area contributed by atoms with Gasteiger partial charge in [-0.2, -0.15) is 0 Å². The molecule has 0 spiro atoms. The topological polar surface area (TPSA) is 96.9 Å². The van der Waals surface area contributed by atoms with E-state index in [2.05, 4.69) is 9.95 Å². The van der Waals surface area contributed by atoms with Crippen LogP contribution < -0.4 is 0 Å². The van der Waals surface area contributed by atoms with Crippen molar-refractivity contribution in [2.24, 2.45) is 0 Å². The first-order chi connectivity index (χ1) is 15.6. The van der Waals surface area contributed by atoms with Crippen molar-refractivity contribution in [2.75, 3.05) is 26.2 Å². The fourth-order valence-electron chi connectivity index (χ4n) is 4.53. The van der Waals surface area contributed by atoms with Crippen LogP contribution in [0.1, 0.15) is 59.2 Å². The maximum absolute atomic E-state index is 13.0. The summed E-state index contributed by atoms with van der Waals surface area (Å²) < 4.78 is 0. The lowest BCUT2D eigenvalue weighted by atomic mass is 9.97. The third-order valence-corrected chi connectivity index (χ3v) is 6.31. The van der Waals surface area contributed by atoms with E-state index in [1.165, 1.54) is 0 Å².